The second-order valence-corrected chi connectivity index (χ2v) is 7.55. The van der Waals surface area contributed by atoms with Crippen molar-refractivity contribution < 1.29 is 17.9 Å². The van der Waals surface area contributed by atoms with Gasteiger partial charge in [0.15, 0.2) is 0 Å². The van der Waals surface area contributed by atoms with Crippen LogP contribution < -0.4 is 4.72 Å². The summed E-state index contributed by atoms with van der Waals surface area (Å²) in [5.74, 6) is -0.583. The molecule has 1 aromatic carbocycles. The zero-order valence-electron chi connectivity index (χ0n) is 11.0. The SMILES string of the molecule is CCOC(=O)c1ccccc1NS(=O)(=O)c1ccc(Cl)s1. The van der Waals surface area contributed by atoms with E-state index in [1.54, 1.807) is 19.1 Å². The molecule has 0 aliphatic carbocycles. The Morgan fingerprint density at radius 3 is 2.62 bits per heavy atom. The molecular formula is C13H12ClNO4S2. The molecule has 0 spiro atoms. The highest BCUT2D eigenvalue weighted by atomic mass is 35.5. The van der Waals surface area contributed by atoms with Crippen LogP contribution in [0.2, 0.25) is 4.34 Å². The summed E-state index contributed by atoms with van der Waals surface area (Å²) in [6.07, 6.45) is 0. The normalized spacial score (nSPS) is 11.1. The maximum Gasteiger partial charge on any atom is 0.340 e. The highest BCUT2D eigenvalue weighted by Gasteiger charge is 2.20. The quantitative estimate of drug-likeness (QED) is 0.843. The van der Waals surface area contributed by atoms with Gasteiger partial charge in [0, 0.05) is 0 Å². The first kappa shape index (κ1) is 15.8. The Balaban J connectivity index is 2.33. The molecule has 1 N–H and O–H groups in total. The number of para-hydroxylation sites is 1. The highest BCUT2D eigenvalue weighted by Crippen LogP contribution is 2.28. The van der Waals surface area contributed by atoms with E-state index in [9.17, 15) is 13.2 Å². The summed E-state index contributed by atoms with van der Waals surface area (Å²) in [5.41, 5.74) is 0.325. The summed E-state index contributed by atoms with van der Waals surface area (Å²) in [6.45, 7) is 1.89. The van der Waals surface area contributed by atoms with Crippen LogP contribution in [0.25, 0.3) is 0 Å². The molecule has 0 radical (unpaired) electrons. The zero-order chi connectivity index (χ0) is 15.5. The largest absolute Gasteiger partial charge is 0.462 e. The molecule has 1 aromatic heterocycles. The Bertz CT molecular complexity index is 755. The Morgan fingerprint density at radius 2 is 2.00 bits per heavy atom. The second-order valence-electron chi connectivity index (χ2n) is 3.93. The van der Waals surface area contributed by atoms with Gasteiger partial charge in [0.25, 0.3) is 10.0 Å². The van der Waals surface area contributed by atoms with Crippen molar-refractivity contribution >= 4 is 44.6 Å². The van der Waals surface area contributed by atoms with Crippen molar-refractivity contribution in [3.63, 3.8) is 0 Å². The molecule has 8 heteroatoms. The van der Waals surface area contributed by atoms with Crippen LogP contribution in [0.3, 0.4) is 0 Å². The number of rotatable bonds is 5. The van der Waals surface area contributed by atoms with E-state index in [0.29, 0.717) is 4.34 Å². The Kier molecular flexibility index (Phi) is 4.87. The number of sulfonamides is 1. The molecule has 5 nitrogen and oxygen atoms in total. The molecule has 0 saturated carbocycles. The lowest BCUT2D eigenvalue weighted by Gasteiger charge is -2.10. The van der Waals surface area contributed by atoms with E-state index in [4.69, 9.17) is 16.3 Å². The van der Waals surface area contributed by atoms with E-state index in [0.717, 1.165) is 11.3 Å². The van der Waals surface area contributed by atoms with Crippen LogP contribution >= 0.6 is 22.9 Å². The number of thiophene rings is 1. The third kappa shape index (κ3) is 3.75. The molecular weight excluding hydrogens is 334 g/mol. The van der Waals surface area contributed by atoms with Gasteiger partial charge in [0.2, 0.25) is 0 Å². The number of halogens is 1. The average molecular weight is 346 g/mol. The molecule has 1 heterocycles. The molecule has 0 aliphatic rings. The number of benzene rings is 1. The lowest BCUT2D eigenvalue weighted by molar-refractivity contribution is 0.0527. The molecule has 2 aromatic rings. The Labute approximate surface area is 131 Å². The summed E-state index contributed by atoms with van der Waals surface area (Å²) in [4.78, 5) is 11.8. The molecule has 0 saturated heterocycles. The summed E-state index contributed by atoms with van der Waals surface area (Å²) >= 11 is 6.68. The van der Waals surface area contributed by atoms with E-state index in [-0.39, 0.29) is 22.1 Å². The van der Waals surface area contributed by atoms with E-state index in [1.807, 2.05) is 0 Å². The smallest absolute Gasteiger partial charge is 0.340 e. The molecule has 0 aliphatic heterocycles. The molecule has 0 unspecified atom stereocenters. The number of ether oxygens (including phenoxy) is 1. The first-order chi connectivity index (χ1) is 9.94. The summed E-state index contributed by atoms with van der Waals surface area (Å²) in [6, 6.07) is 9.16. The minimum Gasteiger partial charge on any atom is -0.462 e. The van der Waals surface area contributed by atoms with Crippen LogP contribution in [0.4, 0.5) is 5.69 Å². The fourth-order valence-corrected chi connectivity index (χ4v) is 4.16. The van der Waals surface area contributed by atoms with Crippen molar-refractivity contribution in [3.8, 4) is 0 Å². The van der Waals surface area contributed by atoms with Crippen molar-refractivity contribution in [2.24, 2.45) is 0 Å². The second kappa shape index (κ2) is 6.46. The van der Waals surface area contributed by atoms with Crippen molar-refractivity contribution in [2.75, 3.05) is 11.3 Å². The number of hydrogen-bond donors (Lipinski definition) is 1. The van der Waals surface area contributed by atoms with E-state index in [2.05, 4.69) is 4.72 Å². The first-order valence-electron chi connectivity index (χ1n) is 5.98. The fourth-order valence-electron chi connectivity index (χ4n) is 1.60. The number of esters is 1. The number of carbonyl (C=O) groups is 1. The molecule has 0 amide bonds. The van der Waals surface area contributed by atoms with Gasteiger partial charge in [0.1, 0.15) is 4.21 Å². The number of nitrogens with one attached hydrogen (secondary N) is 1. The predicted octanol–water partition coefficient (Wildman–Crippen LogP) is 3.38. The highest BCUT2D eigenvalue weighted by molar-refractivity contribution is 7.94. The molecule has 0 bridgehead atoms. The van der Waals surface area contributed by atoms with Crippen molar-refractivity contribution in [3.05, 3.63) is 46.3 Å². The van der Waals surface area contributed by atoms with Gasteiger partial charge in [0.05, 0.1) is 22.2 Å². The van der Waals surface area contributed by atoms with Crippen molar-refractivity contribution in [2.45, 2.75) is 11.1 Å². The summed E-state index contributed by atoms with van der Waals surface area (Å²) in [7, 11) is -3.79. The molecule has 112 valence electrons. The number of carbonyl (C=O) groups excluding carboxylic acids is 1. The lowest BCUT2D eigenvalue weighted by atomic mass is 10.2. The zero-order valence-corrected chi connectivity index (χ0v) is 13.4. The van der Waals surface area contributed by atoms with Gasteiger partial charge in [-0.25, -0.2) is 13.2 Å². The van der Waals surface area contributed by atoms with Crippen LogP contribution in [0.1, 0.15) is 17.3 Å². The first-order valence-corrected chi connectivity index (χ1v) is 8.66. The van der Waals surface area contributed by atoms with Crippen molar-refractivity contribution in [1.82, 2.24) is 0 Å². The summed E-state index contributed by atoms with van der Waals surface area (Å²) in [5, 5.41) is 0. The van der Waals surface area contributed by atoms with Gasteiger partial charge >= 0.3 is 5.97 Å². The van der Waals surface area contributed by atoms with Gasteiger partial charge in [-0.2, -0.15) is 0 Å². The number of anilines is 1. The monoisotopic (exact) mass is 345 g/mol. The standard InChI is InChI=1S/C13H12ClNO4S2/c1-2-19-13(16)9-5-3-4-6-10(9)15-21(17,18)12-8-7-11(14)20-12/h3-8,15H,2H2,1H3. The minimum absolute atomic E-state index is 0.0751. The summed E-state index contributed by atoms with van der Waals surface area (Å²) < 4.78 is 32.2. The van der Waals surface area contributed by atoms with Crippen LogP contribution in [0.15, 0.2) is 40.6 Å². The van der Waals surface area contributed by atoms with Gasteiger partial charge in [-0.3, -0.25) is 4.72 Å². The predicted molar refractivity (Wildman–Crippen MR) is 82.5 cm³/mol. The minimum atomic E-state index is -3.79. The van der Waals surface area contributed by atoms with Crippen LogP contribution in [0, 0.1) is 0 Å². The third-order valence-corrected chi connectivity index (χ3v) is 5.57. The van der Waals surface area contributed by atoms with E-state index >= 15 is 0 Å². The van der Waals surface area contributed by atoms with Crippen LogP contribution in [-0.2, 0) is 14.8 Å². The number of hydrogen-bond acceptors (Lipinski definition) is 5. The third-order valence-electron chi connectivity index (χ3n) is 2.48. The van der Waals surface area contributed by atoms with Crippen LogP contribution in [0.5, 0.6) is 0 Å². The lowest BCUT2D eigenvalue weighted by Crippen LogP contribution is -2.15. The molecule has 2 rings (SSSR count). The maximum absolute atomic E-state index is 12.2. The fraction of sp³-hybridized carbons (Fsp3) is 0.154. The van der Waals surface area contributed by atoms with Crippen molar-refractivity contribution in [1.29, 1.82) is 0 Å². The topological polar surface area (TPSA) is 72.5 Å². The van der Waals surface area contributed by atoms with E-state index < -0.39 is 16.0 Å². The maximum atomic E-state index is 12.2. The molecule has 21 heavy (non-hydrogen) atoms. The Morgan fingerprint density at radius 1 is 1.29 bits per heavy atom. The average Bonchev–Trinajstić information content (AvgIpc) is 2.87. The van der Waals surface area contributed by atoms with Crippen LogP contribution in [-0.4, -0.2) is 21.0 Å². The van der Waals surface area contributed by atoms with Gasteiger partial charge in [-0.1, -0.05) is 23.7 Å². The molecule has 0 fully saturated rings. The van der Waals surface area contributed by atoms with Gasteiger partial charge in [-0.05, 0) is 31.2 Å². The Hall–Kier alpha value is -1.57. The van der Waals surface area contributed by atoms with E-state index in [1.165, 1.54) is 24.3 Å². The molecule has 0 atom stereocenters. The van der Waals surface area contributed by atoms with Gasteiger partial charge in [-0.15, -0.1) is 11.3 Å². The van der Waals surface area contributed by atoms with Gasteiger partial charge < -0.3 is 4.74 Å².